The lowest BCUT2D eigenvalue weighted by Gasteiger charge is -2.16. The van der Waals surface area contributed by atoms with E-state index in [1.807, 2.05) is 0 Å². The van der Waals surface area contributed by atoms with Crippen molar-refractivity contribution in [2.24, 2.45) is 0 Å². The van der Waals surface area contributed by atoms with Gasteiger partial charge in [0.05, 0.1) is 16.6 Å². The molecular weight excluding hydrogens is 442 g/mol. The molecule has 0 unspecified atom stereocenters. The summed E-state index contributed by atoms with van der Waals surface area (Å²) in [6, 6.07) is 6.11. The van der Waals surface area contributed by atoms with Crippen LogP contribution in [0.5, 0.6) is 0 Å². The maximum absolute atomic E-state index is 13.8. The van der Waals surface area contributed by atoms with Gasteiger partial charge in [-0.2, -0.15) is 9.71 Å². The summed E-state index contributed by atoms with van der Waals surface area (Å²) in [5, 5.41) is 6.17. The van der Waals surface area contributed by atoms with Gasteiger partial charge in [0.2, 0.25) is 27.6 Å². The lowest BCUT2D eigenvalue weighted by atomic mass is 10.1. The van der Waals surface area contributed by atoms with Gasteiger partial charge in [-0.15, -0.1) is 0 Å². The van der Waals surface area contributed by atoms with Gasteiger partial charge in [-0.3, -0.25) is 4.79 Å². The minimum absolute atomic E-state index is 0.0552. The molecule has 1 amide bonds. The molecule has 1 aromatic heterocycles. The Balaban J connectivity index is 1.52. The van der Waals surface area contributed by atoms with Crippen molar-refractivity contribution in [1.29, 1.82) is 0 Å². The van der Waals surface area contributed by atoms with Crippen molar-refractivity contribution in [2.45, 2.75) is 43.5 Å². The third-order valence-electron chi connectivity index (χ3n) is 5.02. The average Bonchev–Trinajstić information content (AvgIpc) is 3.47. The first-order chi connectivity index (χ1) is 15.1. The number of halogens is 2. The smallest absolute Gasteiger partial charge is 0.242 e. The fourth-order valence-electron chi connectivity index (χ4n) is 3.06. The van der Waals surface area contributed by atoms with Crippen molar-refractivity contribution >= 4 is 21.6 Å². The van der Waals surface area contributed by atoms with Crippen LogP contribution in [0.3, 0.4) is 0 Å². The third kappa shape index (κ3) is 4.68. The van der Waals surface area contributed by atoms with E-state index in [1.54, 1.807) is 19.1 Å². The van der Waals surface area contributed by atoms with Gasteiger partial charge < -0.3 is 9.84 Å². The molecule has 3 aromatic rings. The quantitative estimate of drug-likeness (QED) is 0.556. The van der Waals surface area contributed by atoms with Crippen molar-refractivity contribution in [3.63, 3.8) is 0 Å². The lowest BCUT2D eigenvalue weighted by Crippen LogP contribution is -2.41. The monoisotopic (exact) mass is 462 g/mol. The molecule has 2 aromatic carbocycles. The molecule has 32 heavy (non-hydrogen) atoms. The van der Waals surface area contributed by atoms with Crippen LogP contribution >= 0.6 is 0 Å². The molecule has 1 saturated carbocycles. The zero-order valence-corrected chi connectivity index (χ0v) is 18.0. The van der Waals surface area contributed by atoms with Gasteiger partial charge in [-0.05, 0) is 50.5 Å². The van der Waals surface area contributed by atoms with Crippen molar-refractivity contribution in [2.75, 3.05) is 5.32 Å². The first-order valence-corrected chi connectivity index (χ1v) is 11.4. The summed E-state index contributed by atoms with van der Waals surface area (Å²) in [5.41, 5.74) is 0.644. The van der Waals surface area contributed by atoms with Gasteiger partial charge in [0.1, 0.15) is 11.6 Å². The number of nitrogens with one attached hydrogen (secondary N) is 2. The summed E-state index contributed by atoms with van der Waals surface area (Å²) in [5.74, 6) is -1.50. The molecule has 8 nitrogen and oxygen atoms in total. The summed E-state index contributed by atoms with van der Waals surface area (Å²) < 4.78 is 60.2. The first-order valence-electron chi connectivity index (χ1n) is 9.87. The second-order valence-electron chi connectivity index (χ2n) is 7.67. The summed E-state index contributed by atoms with van der Waals surface area (Å²) >= 11 is 0. The predicted octanol–water partition coefficient (Wildman–Crippen LogP) is 3.51. The molecule has 1 heterocycles. The number of nitrogens with zero attached hydrogens (tertiary/aromatic N) is 2. The normalized spacial score (nSPS) is 14.9. The number of sulfonamides is 1. The summed E-state index contributed by atoms with van der Waals surface area (Å²) in [4.78, 5) is 16.6. The third-order valence-corrected chi connectivity index (χ3v) is 6.70. The van der Waals surface area contributed by atoms with Crippen LogP contribution in [0.25, 0.3) is 11.4 Å². The van der Waals surface area contributed by atoms with Crippen LogP contribution in [0, 0.1) is 18.6 Å². The predicted molar refractivity (Wildman–Crippen MR) is 111 cm³/mol. The highest BCUT2D eigenvalue weighted by molar-refractivity contribution is 7.89. The number of anilines is 1. The van der Waals surface area contributed by atoms with E-state index >= 15 is 0 Å². The highest BCUT2D eigenvalue weighted by Crippen LogP contribution is 2.39. The maximum atomic E-state index is 13.8. The number of carbonyl (C=O) groups is 1. The minimum Gasteiger partial charge on any atom is -0.339 e. The molecule has 0 spiro atoms. The summed E-state index contributed by atoms with van der Waals surface area (Å²) in [6.45, 7) is 2.93. The van der Waals surface area contributed by atoms with E-state index in [2.05, 4.69) is 20.2 Å². The van der Waals surface area contributed by atoms with E-state index in [-0.39, 0.29) is 22.3 Å². The SMILES string of the molecule is Cc1ccc(-c2noc(C3CC3)n2)cc1S(=O)(=O)N[C@@H](C)C(=O)Nc1ccc(F)cc1F. The average molecular weight is 462 g/mol. The Labute approximate surface area is 183 Å². The Morgan fingerprint density at radius 3 is 2.62 bits per heavy atom. The Hall–Kier alpha value is -3.18. The molecule has 0 bridgehead atoms. The van der Waals surface area contributed by atoms with Crippen LogP contribution in [0.15, 0.2) is 45.8 Å². The Morgan fingerprint density at radius 2 is 1.94 bits per heavy atom. The number of hydrogen-bond donors (Lipinski definition) is 2. The molecule has 0 saturated heterocycles. The number of benzene rings is 2. The molecule has 0 aliphatic heterocycles. The van der Waals surface area contributed by atoms with E-state index in [1.165, 1.54) is 13.0 Å². The highest BCUT2D eigenvalue weighted by atomic mass is 32.2. The standard InChI is InChI=1S/C21H20F2N4O4S/c1-11-3-4-14(19-25-21(31-26-19)13-5-6-13)9-18(11)32(29,30)27-12(2)20(28)24-17-8-7-15(22)10-16(17)23/h3-4,7-10,12-13,27H,5-6H2,1-2H3,(H,24,28)/t12-/m0/s1. The fourth-order valence-corrected chi connectivity index (χ4v) is 4.53. The molecule has 1 fully saturated rings. The van der Waals surface area contributed by atoms with Gasteiger partial charge in [0.25, 0.3) is 0 Å². The number of aryl methyl sites for hydroxylation is 1. The van der Waals surface area contributed by atoms with E-state index in [9.17, 15) is 22.0 Å². The number of rotatable bonds is 7. The van der Waals surface area contributed by atoms with Gasteiger partial charge in [0.15, 0.2) is 0 Å². The molecule has 2 N–H and O–H groups in total. The van der Waals surface area contributed by atoms with Crippen LogP contribution in [-0.4, -0.2) is 30.5 Å². The van der Waals surface area contributed by atoms with Crippen molar-refractivity contribution in [3.8, 4) is 11.4 Å². The molecule has 1 atom stereocenters. The second kappa shape index (κ2) is 8.40. The highest BCUT2D eigenvalue weighted by Gasteiger charge is 2.30. The molecule has 1 aliphatic rings. The maximum Gasteiger partial charge on any atom is 0.242 e. The topological polar surface area (TPSA) is 114 Å². The van der Waals surface area contributed by atoms with E-state index in [0.29, 0.717) is 23.1 Å². The first kappa shape index (κ1) is 22.0. The Kier molecular flexibility index (Phi) is 5.78. The van der Waals surface area contributed by atoms with Crippen molar-refractivity contribution < 1.29 is 26.5 Å². The fraction of sp³-hybridized carbons (Fsp3) is 0.286. The van der Waals surface area contributed by atoms with E-state index in [4.69, 9.17) is 4.52 Å². The largest absolute Gasteiger partial charge is 0.339 e. The van der Waals surface area contributed by atoms with Crippen LogP contribution < -0.4 is 10.0 Å². The summed E-state index contributed by atoms with van der Waals surface area (Å²) in [7, 11) is -4.12. The zero-order chi connectivity index (χ0) is 23.0. The van der Waals surface area contributed by atoms with Crippen LogP contribution in [0.2, 0.25) is 0 Å². The Morgan fingerprint density at radius 1 is 1.19 bits per heavy atom. The molecular formula is C21H20F2N4O4S. The van der Waals surface area contributed by atoms with Crippen LogP contribution in [0.1, 0.15) is 37.1 Å². The number of hydrogen-bond acceptors (Lipinski definition) is 6. The number of aromatic nitrogens is 2. The second-order valence-corrected chi connectivity index (χ2v) is 9.35. The number of carbonyl (C=O) groups excluding carboxylic acids is 1. The zero-order valence-electron chi connectivity index (χ0n) is 17.2. The van der Waals surface area contributed by atoms with Gasteiger partial charge in [0, 0.05) is 17.5 Å². The molecule has 0 radical (unpaired) electrons. The molecule has 4 rings (SSSR count). The molecule has 11 heteroatoms. The van der Waals surface area contributed by atoms with Crippen molar-refractivity contribution in [3.05, 3.63) is 59.5 Å². The van der Waals surface area contributed by atoms with E-state index in [0.717, 1.165) is 25.0 Å². The molecule has 1 aliphatic carbocycles. The van der Waals surface area contributed by atoms with Crippen molar-refractivity contribution in [1.82, 2.24) is 14.9 Å². The van der Waals surface area contributed by atoms with Gasteiger partial charge >= 0.3 is 0 Å². The van der Waals surface area contributed by atoms with Gasteiger partial charge in [-0.1, -0.05) is 17.3 Å². The number of amides is 1. The van der Waals surface area contributed by atoms with Crippen LogP contribution in [-0.2, 0) is 14.8 Å². The van der Waals surface area contributed by atoms with Gasteiger partial charge in [-0.25, -0.2) is 17.2 Å². The lowest BCUT2D eigenvalue weighted by molar-refractivity contribution is -0.117. The minimum atomic E-state index is -4.12. The molecule has 168 valence electrons. The van der Waals surface area contributed by atoms with Crippen LogP contribution in [0.4, 0.5) is 14.5 Å². The summed E-state index contributed by atoms with van der Waals surface area (Å²) in [6.07, 6.45) is 1.97. The Bertz CT molecular complexity index is 1290. The van der Waals surface area contributed by atoms with E-state index < -0.39 is 33.6 Å².